The lowest BCUT2D eigenvalue weighted by Crippen LogP contribution is -2.21. The Kier molecular flexibility index (Phi) is 6.87. The Balaban J connectivity index is 1.55. The summed E-state index contributed by atoms with van der Waals surface area (Å²) >= 11 is 1.51. The number of rotatable bonds is 8. The maximum Gasteiger partial charge on any atom is 0.339 e. The number of thiophene rings is 1. The second-order valence-corrected chi connectivity index (χ2v) is 8.43. The number of nitrogens with zero attached hydrogens (tertiary/aromatic N) is 3. The highest BCUT2D eigenvalue weighted by Gasteiger charge is 2.22. The van der Waals surface area contributed by atoms with Crippen LogP contribution in [0.1, 0.15) is 16.1 Å². The summed E-state index contributed by atoms with van der Waals surface area (Å²) in [5, 5.41) is 9.58. The first-order chi connectivity index (χ1) is 16.9. The van der Waals surface area contributed by atoms with Gasteiger partial charge in [-0.15, -0.1) is 11.3 Å². The molecule has 1 amide bonds. The van der Waals surface area contributed by atoms with Gasteiger partial charge in [-0.25, -0.2) is 9.78 Å². The second-order valence-electron chi connectivity index (χ2n) is 7.48. The summed E-state index contributed by atoms with van der Waals surface area (Å²) in [6, 6.07) is 8.66. The molecule has 4 rings (SSSR count). The third-order valence-corrected chi connectivity index (χ3v) is 6.14. The smallest absolute Gasteiger partial charge is 0.339 e. The number of hydrogen-bond donors (Lipinski definition) is 1. The summed E-state index contributed by atoms with van der Waals surface area (Å²) in [6.45, 7) is 1.30. The molecule has 3 heterocycles. The van der Waals surface area contributed by atoms with Crippen LogP contribution in [0, 0.1) is 6.92 Å². The van der Waals surface area contributed by atoms with E-state index in [0.29, 0.717) is 50.9 Å². The van der Waals surface area contributed by atoms with Gasteiger partial charge in [-0.2, -0.15) is 5.10 Å². The maximum atomic E-state index is 13.1. The van der Waals surface area contributed by atoms with Gasteiger partial charge in [0.15, 0.2) is 23.8 Å². The number of benzene rings is 1. The molecule has 0 atom stereocenters. The largest absolute Gasteiger partial charge is 0.493 e. The monoisotopic (exact) mass is 496 g/mol. The van der Waals surface area contributed by atoms with Crippen LogP contribution in [0.2, 0.25) is 0 Å². The lowest BCUT2D eigenvalue weighted by Gasteiger charge is -2.14. The van der Waals surface area contributed by atoms with Gasteiger partial charge in [0.1, 0.15) is 0 Å². The fraction of sp³-hybridized carbons (Fsp3) is 0.250. The molecule has 0 unspecified atom stereocenters. The Morgan fingerprint density at radius 3 is 2.40 bits per heavy atom. The van der Waals surface area contributed by atoms with Crippen molar-refractivity contribution in [3.05, 3.63) is 47.0 Å². The molecule has 4 aromatic rings. The molecule has 1 N–H and O–H groups in total. The van der Waals surface area contributed by atoms with Gasteiger partial charge in [-0.3, -0.25) is 9.48 Å². The number of hydrogen-bond acceptors (Lipinski definition) is 9. The normalized spacial score (nSPS) is 10.8. The van der Waals surface area contributed by atoms with Crippen LogP contribution in [-0.2, 0) is 16.6 Å². The van der Waals surface area contributed by atoms with E-state index < -0.39 is 18.5 Å². The highest BCUT2D eigenvalue weighted by atomic mass is 32.1. The Bertz CT molecular complexity index is 1370. The summed E-state index contributed by atoms with van der Waals surface area (Å²) in [5.41, 5.74) is 2.52. The van der Waals surface area contributed by atoms with Gasteiger partial charge in [0, 0.05) is 24.9 Å². The number of anilines is 1. The molecule has 3 aromatic heterocycles. The number of pyridine rings is 1. The van der Waals surface area contributed by atoms with E-state index in [4.69, 9.17) is 18.9 Å². The lowest BCUT2D eigenvalue weighted by atomic mass is 10.1. The first-order valence-corrected chi connectivity index (χ1v) is 11.4. The molecule has 0 spiro atoms. The summed E-state index contributed by atoms with van der Waals surface area (Å²) in [6.07, 6.45) is 0. The minimum atomic E-state index is -0.647. The molecule has 182 valence electrons. The summed E-state index contributed by atoms with van der Waals surface area (Å²) in [7, 11) is 6.21. The van der Waals surface area contributed by atoms with E-state index in [0.717, 1.165) is 4.88 Å². The van der Waals surface area contributed by atoms with E-state index in [1.165, 1.54) is 32.7 Å². The zero-order chi connectivity index (χ0) is 25.1. The van der Waals surface area contributed by atoms with Crippen molar-refractivity contribution in [3.8, 4) is 27.8 Å². The molecule has 0 aliphatic carbocycles. The number of nitrogens with one attached hydrogen (secondary N) is 1. The van der Waals surface area contributed by atoms with Crippen LogP contribution in [0.3, 0.4) is 0 Å². The average molecular weight is 497 g/mol. The van der Waals surface area contributed by atoms with E-state index >= 15 is 0 Å². The van der Waals surface area contributed by atoms with Crippen molar-refractivity contribution in [1.82, 2.24) is 14.8 Å². The maximum absolute atomic E-state index is 13.1. The lowest BCUT2D eigenvalue weighted by molar-refractivity contribution is -0.119. The number of carbonyl (C=O) groups excluding carboxylic acids is 2. The standard InChI is InChI=1S/C24H24N4O6S/c1-13-21-15(11-16(19-7-6-8-35-19)26-23(21)28(2)27-13)24(30)34-12-20(29)25-14-9-17(31-3)22(33-5)18(10-14)32-4/h6-11H,12H2,1-5H3,(H,25,29). The van der Waals surface area contributed by atoms with E-state index in [1.807, 2.05) is 17.5 Å². The Labute approximate surface area is 205 Å². The molecule has 0 bridgehead atoms. The Morgan fingerprint density at radius 1 is 1.09 bits per heavy atom. The van der Waals surface area contributed by atoms with Gasteiger partial charge in [0.05, 0.1) is 48.5 Å². The van der Waals surface area contributed by atoms with Crippen LogP contribution in [0.25, 0.3) is 21.6 Å². The van der Waals surface area contributed by atoms with Crippen molar-refractivity contribution in [2.24, 2.45) is 7.05 Å². The molecule has 0 saturated carbocycles. The number of methoxy groups -OCH3 is 3. The van der Waals surface area contributed by atoms with Crippen LogP contribution in [0.15, 0.2) is 35.7 Å². The molecule has 35 heavy (non-hydrogen) atoms. The number of aromatic nitrogens is 3. The number of fused-ring (bicyclic) bond motifs is 1. The first-order valence-electron chi connectivity index (χ1n) is 10.5. The number of amides is 1. The fourth-order valence-corrected chi connectivity index (χ4v) is 4.40. The summed E-state index contributed by atoms with van der Waals surface area (Å²) in [4.78, 5) is 31.2. The average Bonchev–Trinajstić information content (AvgIpc) is 3.49. The highest BCUT2D eigenvalue weighted by Crippen LogP contribution is 2.40. The minimum Gasteiger partial charge on any atom is -0.493 e. The van der Waals surface area contributed by atoms with Crippen molar-refractivity contribution >= 4 is 39.9 Å². The Hall–Kier alpha value is -4.12. The van der Waals surface area contributed by atoms with Gasteiger partial charge in [0.25, 0.3) is 5.91 Å². The van der Waals surface area contributed by atoms with Gasteiger partial charge in [-0.05, 0) is 24.4 Å². The van der Waals surface area contributed by atoms with Crippen LogP contribution in [0.5, 0.6) is 17.2 Å². The fourth-order valence-electron chi connectivity index (χ4n) is 3.72. The quantitative estimate of drug-likeness (QED) is 0.366. The van der Waals surface area contributed by atoms with Crippen molar-refractivity contribution in [3.63, 3.8) is 0 Å². The molecule has 1 aromatic carbocycles. The first kappa shape index (κ1) is 24.0. The molecule has 0 fully saturated rings. The SMILES string of the molecule is COc1cc(NC(=O)COC(=O)c2cc(-c3cccs3)nc3c2c(C)nn3C)cc(OC)c1OC. The van der Waals surface area contributed by atoms with Gasteiger partial charge < -0.3 is 24.3 Å². The van der Waals surface area contributed by atoms with Gasteiger partial charge in [0.2, 0.25) is 5.75 Å². The van der Waals surface area contributed by atoms with Gasteiger partial charge in [-0.1, -0.05) is 6.07 Å². The van der Waals surface area contributed by atoms with Crippen LogP contribution in [0.4, 0.5) is 5.69 Å². The topological polar surface area (TPSA) is 114 Å². The van der Waals surface area contributed by atoms with Crippen molar-refractivity contribution in [2.45, 2.75) is 6.92 Å². The molecule has 0 aliphatic heterocycles. The van der Waals surface area contributed by atoms with Crippen molar-refractivity contribution in [1.29, 1.82) is 0 Å². The third-order valence-electron chi connectivity index (χ3n) is 5.25. The summed E-state index contributed by atoms with van der Waals surface area (Å²) in [5.74, 6) is -0.0156. The second kappa shape index (κ2) is 10.0. The van der Waals surface area contributed by atoms with Crippen LogP contribution < -0.4 is 19.5 Å². The zero-order valence-corrected chi connectivity index (χ0v) is 20.7. The number of esters is 1. The molecular weight excluding hydrogens is 472 g/mol. The summed E-state index contributed by atoms with van der Waals surface area (Å²) < 4.78 is 22.9. The van der Waals surface area contributed by atoms with Crippen molar-refractivity contribution in [2.75, 3.05) is 33.3 Å². The predicted molar refractivity (Wildman–Crippen MR) is 132 cm³/mol. The molecule has 10 nitrogen and oxygen atoms in total. The van der Waals surface area contributed by atoms with E-state index in [-0.39, 0.29) is 0 Å². The molecule has 11 heteroatoms. The Morgan fingerprint density at radius 2 is 1.80 bits per heavy atom. The van der Waals surface area contributed by atoms with Crippen molar-refractivity contribution < 1.29 is 28.5 Å². The molecular formula is C24H24N4O6S. The number of aryl methyl sites for hydroxylation is 2. The molecule has 0 radical (unpaired) electrons. The zero-order valence-electron chi connectivity index (χ0n) is 19.9. The van der Waals surface area contributed by atoms with E-state index in [2.05, 4.69) is 15.4 Å². The van der Waals surface area contributed by atoms with Crippen LogP contribution in [-0.4, -0.2) is 54.6 Å². The van der Waals surface area contributed by atoms with Gasteiger partial charge >= 0.3 is 5.97 Å². The highest BCUT2D eigenvalue weighted by molar-refractivity contribution is 7.13. The van der Waals surface area contributed by atoms with E-state index in [1.54, 1.807) is 36.9 Å². The van der Waals surface area contributed by atoms with Crippen LogP contribution >= 0.6 is 11.3 Å². The third kappa shape index (κ3) is 4.76. The minimum absolute atomic E-state index is 0.296. The number of ether oxygens (including phenoxy) is 4. The predicted octanol–water partition coefficient (Wildman–Crippen LogP) is 3.83. The molecule has 0 aliphatic rings. The molecule has 0 saturated heterocycles. The number of carbonyl (C=O) groups is 2. The van der Waals surface area contributed by atoms with E-state index in [9.17, 15) is 9.59 Å².